The third kappa shape index (κ3) is 4.50. The standard InChI is InChI=1S/C23H30N4O4/c1-15(2)20-24-9-10-27(20)14-16-4-6-17(7-5-16)21(28)25-19-13-23(8-3-11-31-23)12-18(19)22(29)26-30/h4-7,9-10,15,18-19,30H,3,8,11-14H2,1-2H3,(H,25,28)(H,26,29)/t18-,19+,23+/m0/s1. The van der Waals surface area contributed by atoms with E-state index in [2.05, 4.69) is 28.7 Å². The molecule has 2 heterocycles. The van der Waals surface area contributed by atoms with Gasteiger partial charge in [-0.1, -0.05) is 26.0 Å². The first-order chi connectivity index (χ1) is 14.9. The summed E-state index contributed by atoms with van der Waals surface area (Å²) in [6.07, 6.45) is 6.67. The Bertz CT molecular complexity index is 931. The van der Waals surface area contributed by atoms with Crippen LogP contribution in [0.3, 0.4) is 0 Å². The minimum atomic E-state index is -0.512. The van der Waals surface area contributed by atoms with E-state index in [9.17, 15) is 9.59 Å². The van der Waals surface area contributed by atoms with Crippen molar-refractivity contribution in [2.45, 2.75) is 63.6 Å². The fraction of sp³-hybridized carbons (Fsp3) is 0.522. The molecule has 2 amide bonds. The SMILES string of the molecule is CC(C)c1nccn1Cc1ccc(C(=O)N[C@@H]2C[C@@]3(CCCO3)C[C@@H]2C(=O)NO)cc1. The highest BCUT2D eigenvalue weighted by Crippen LogP contribution is 2.44. The molecule has 1 aromatic heterocycles. The lowest BCUT2D eigenvalue weighted by Gasteiger charge is -2.22. The van der Waals surface area contributed by atoms with Crippen molar-refractivity contribution in [1.82, 2.24) is 20.3 Å². The second-order valence-electron chi connectivity index (χ2n) is 8.97. The maximum Gasteiger partial charge on any atom is 0.251 e. The second kappa shape index (κ2) is 8.80. The summed E-state index contributed by atoms with van der Waals surface area (Å²) >= 11 is 0. The summed E-state index contributed by atoms with van der Waals surface area (Å²) in [5, 5.41) is 12.1. The van der Waals surface area contributed by atoms with E-state index in [0.717, 1.165) is 24.2 Å². The van der Waals surface area contributed by atoms with Gasteiger partial charge in [0.1, 0.15) is 5.82 Å². The van der Waals surface area contributed by atoms with E-state index in [4.69, 9.17) is 9.94 Å². The third-order valence-electron chi connectivity index (χ3n) is 6.45. The Hall–Kier alpha value is -2.71. The van der Waals surface area contributed by atoms with E-state index in [1.54, 1.807) is 23.8 Å². The molecule has 8 heteroatoms. The Morgan fingerprint density at radius 1 is 1.29 bits per heavy atom. The van der Waals surface area contributed by atoms with Gasteiger partial charge in [0.25, 0.3) is 5.91 Å². The summed E-state index contributed by atoms with van der Waals surface area (Å²) in [4.78, 5) is 29.5. The lowest BCUT2D eigenvalue weighted by molar-refractivity contribution is -0.134. The molecule has 1 aliphatic carbocycles. The van der Waals surface area contributed by atoms with E-state index >= 15 is 0 Å². The number of benzene rings is 1. The number of nitrogens with zero attached hydrogens (tertiary/aromatic N) is 2. The number of carbonyl (C=O) groups is 2. The number of imidazole rings is 1. The minimum absolute atomic E-state index is 0.229. The van der Waals surface area contributed by atoms with Crippen LogP contribution >= 0.6 is 0 Å². The Labute approximate surface area is 182 Å². The molecule has 1 aromatic carbocycles. The van der Waals surface area contributed by atoms with Crippen LogP contribution in [-0.4, -0.2) is 44.8 Å². The van der Waals surface area contributed by atoms with Gasteiger partial charge in [0.2, 0.25) is 5.91 Å². The minimum Gasteiger partial charge on any atom is -0.375 e. The third-order valence-corrected chi connectivity index (χ3v) is 6.45. The van der Waals surface area contributed by atoms with Crippen molar-refractivity contribution in [2.24, 2.45) is 5.92 Å². The van der Waals surface area contributed by atoms with Crippen LogP contribution in [0, 0.1) is 5.92 Å². The molecule has 0 bridgehead atoms. The van der Waals surface area contributed by atoms with Crippen LogP contribution in [0.4, 0.5) is 0 Å². The molecular weight excluding hydrogens is 396 g/mol. The highest BCUT2D eigenvalue weighted by atomic mass is 16.5. The Morgan fingerprint density at radius 2 is 2.06 bits per heavy atom. The van der Waals surface area contributed by atoms with E-state index in [0.29, 0.717) is 37.5 Å². The number of amides is 2. The number of hydrogen-bond acceptors (Lipinski definition) is 5. The topological polar surface area (TPSA) is 105 Å². The number of aromatic nitrogens is 2. The van der Waals surface area contributed by atoms with Gasteiger partial charge < -0.3 is 14.6 Å². The molecule has 8 nitrogen and oxygen atoms in total. The number of hydroxylamine groups is 1. The average molecular weight is 427 g/mol. The van der Waals surface area contributed by atoms with Crippen molar-refractivity contribution in [3.63, 3.8) is 0 Å². The summed E-state index contributed by atoms with van der Waals surface area (Å²) in [5.74, 6) is 0.145. The maximum atomic E-state index is 12.9. The molecular formula is C23H30N4O4. The lowest BCUT2D eigenvalue weighted by Crippen LogP contribution is -2.43. The molecule has 4 rings (SSSR count). The van der Waals surface area contributed by atoms with Gasteiger partial charge in [-0.3, -0.25) is 14.8 Å². The van der Waals surface area contributed by atoms with Crippen LogP contribution < -0.4 is 10.8 Å². The molecule has 3 atom stereocenters. The van der Waals surface area contributed by atoms with Gasteiger partial charge in [0.05, 0.1) is 11.5 Å². The molecule has 2 fully saturated rings. The highest BCUT2D eigenvalue weighted by molar-refractivity contribution is 5.95. The number of hydrogen-bond donors (Lipinski definition) is 3. The summed E-state index contributed by atoms with van der Waals surface area (Å²) in [6.45, 7) is 5.59. The summed E-state index contributed by atoms with van der Waals surface area (Å²) in [5.41, 5.74) is 2.98. The first-order valence-corrected chi connectivity index (χ1v) is 10.9. The highest BCUT2D eigenvalue weighted by Gasteiger charge is 2.51. The molecule has 2 aromatic rings. The zero-order chi connectivity index (χ0) is 22.0. The molecule has 3 N–H and O–H groups in total. The van der Waals surface area contributed by atoms with E-state index in [-0.39, 0.29) is 17.6 Å². The predicted molar refractivity (Wildman–Crippen MR) is 114 cm³/mol. The fourth-order valence-electron chi connectivity index (χ4n) is 4.92. The summed E-state index contributed by atoms with van der Waals surface area (Å²) in [6, 6.07) is 7.10. The first-order valence-electron chi connectivity index (χ1n) is 10.9. The number of rotatable bonds is 6. The molecule has 0 radical (unpaired) electrons. The van der Waals surface area contributed by atoms with E-state index in [1.165, 1.54) is 0 Å². The van der Waals surface area contributed by atoms with Gasteiger partial charge in [-0.25, -0.2) is 10.5 Å². The van der Waals surface area contributed by atoms with Crippen molar-refractivity contribution in [3.05, 3.63) is 53.6 Å². The predicted octanol–water partition coefficient (Wildman–Crippen LogP) is 2.62. The average Bonchev–Trinajstić information content (AvgIpc) is 3.49. The Kier molecular flexibility index (Phi) is 6.11. The van der Waals surface area contributed by atoms with E-state index in [1.807, 2.05) is 18.3 Å². The van der Waals surface area contributed by atoms with Crippen LogP contribution in [0.1, 0.15) is 67.2 Å². The normalized spacial score (nSPS) is 25.3. The maximum absolute atomic E-state index is 12.9. The van der Waals surface area contributed by atoms with Crippen LogP contribution in [0.15, 0.2) is 36.7 Å². The van der Waals surface area contributed by atoms with Crippen molar-refractivity contribution >= 4 is 11.8 Å². The second-order valence-corrected chi connectivity index (χ2v) is 8.97. The Balaban J connectivity index is 1.43. The molecule has 0 unspecified atom stereocenters. The van der Waals surface area contributed by atoms with E-state index < -0.39 is 11.8 Å². The molecule has 166 valence electrons. The van der Waals surface area contributed by atoms with Gasteiger partial charge in [-0.15, -0.1) is 0 Å². The Morgan fingerprint density at radius 3 is 2.71 bits per heavy atom. The van der Waals surface area contributed by atoms with Crippen LogP contribution in [0.25, 0.3) is 0 Å². The van der Waals surface area contributed by atoms with Crippen LogP contribution in [-0.2, 0) is 16.1 Å². The number of nitrogens with one attached hydrogen (secondary N) is 2. The smallest absolute Gasteiger partial charge is 0.251 e. The summed E-state index contributed by atoms with van der Waals surface area (Å²) < 4.78 is 8.02. The van der Waals surface area contributed by atoms with Gasteiger partial charge in [-0.05, 0) is 43.4 Å². The van der Waals surface area contributed by atoms with Crippen molar-refractivity contribution < 1.29 is 19.5 Å². The number of ether oxygens (including phenoxy) is 1. The summed E-state index contributed by atoms with van der Waals surface area (Å²) in [7, 11) is 0. The zero-order valence-electron chi connectivity index (χ0n) is 18.0. The quantitative estimate of drug-likeness (QED) is 0.486. The van der Waals surface area contributed by atoms with Gasteiger partial charge in [0.15, 0.2) is 0 Å². The molecule has 2 aliphatic rings. The number of carbonyl (C=O) groups excluding carboxylic acids is 2. The van der Waals surface area contributed by atoms with Crippen molar-refractivity contribution in [1.29, 1.82) is 0 Å². The molecule has 1 spiro atoms. The first kappa shape index (κ1) is 21.5. The van der Waals surface area contributed by atoms with Crippen molar-refractivity contribution in [2.75, 3.05) is 6.61 Å². The largest absolute Gasteiger partial charge is 0.375 e. The van der Waals surface area contributed by atoms with Gasteiger partial charge >= 0.3 is 0 Å². The molecule has 1 saturated heterocycles. The van der Waals surface area contributed by atoms with Gasteiger partial charge in [-0.2, -0.15) is 0 Å². The van der Waals surface area contributed by atoms with Crippen molar-refractivity contribution in [3.8, 4) is 0 Å². The zero-order valence-corrected chi connectivity index (χ0v) is 18.0. The fourth-order valence-corrected chi connectivity index (χ4v) is 4.92. The van der Waals surface area contributed by atoms with Crippen LogP contribution in [0.2, 0.25) is 0 Å². The molecule has 31 heavy (non-hydrogen) atoms. The lowest BCUT2D eigenvalue weighted by atomic mass is 9.96. The van der Waals surface area contributed by atoms with Gasteiger partial charge in [0, 0.05) is 43.1 Å². The molecule has 1 aliphatic heterocycles. The van der Waals surface area contributed by atoms with Crippen LogP contribution in [0.5, 0.6) is 0 Å². The monoisotopic (exact) mass is 426 g/mol. The molecule has 1 saturated carbocycles.